The number of hydrogen-bond acceptors (Lipinski definition) is 5. The van der Waals surface area contributed by atoms with E-state index < -0.39 is 6.04 Å². The van der Waals surface area contributed by atoms with E-state index in [1.807, 2.05) is 12.1 Å². The highest BCUT2D eigenvalue weighted by Gasteiger charge is 2.41. The summed E-state index contributed by atoms with van der Waals surface area (Å²) in [6, 6.07) is 5.58. The van der Waals surface area contributed by atoms with Crippen LogP contribution in [-0.2, 0) is 22.7 Å². The van der Waals surface area contributed by atoms with Crippen LogP contribution in [0, 0.1) is 0 Å². The molecule has 4 aliphatic rings. The van der Waals surface area contributed by atoms with Gasteiger partial charge in [0.15, 0.2) is 0 Å². The molecular weight excluding hydrogens is 356 g/mol. The standard InChI is InChI=1S/C21H26N4O3/c26-18-5-4-17(19(27)23-18)25-12-15-3-2-14(10-16(15)20(25)28)11-24-9-8-22-21(13-24)6-1-7-21/h2-3,10,17,22H,1,4-9,11-13H2,(H,23,26,27). The third-order valence-corrected chi connectivity index (χ3v) is 6.76. The molecule has 3 aliphatic heterocycles. The Kier molecular flexibility index (Phi) is 4.25. The number of imide groups is 1. The molecule has 2 N–H and O–H groups in total. The number of nitrogens with one attached hydrogen (secondary N) is 2. The van der Waals surface area contributed by atoms with Crippen molar-refractivity contribution < 1.29 is 14.4 Å². The molecule has 3 amide bonds. The average molecular weight is 382 g/mol. The van der Waals surface area contributed by atoms with E-state index in [4.69, 9.17) is 0 Å². The Labute approximate surface area is 164 Å². The van der Waals surface area contributed by atoms with Gasteiger partial charge in [-0.15, -0.1) is 0 Å². The number of amides is 3. The predicted octanol–water partition coefficient (Wildman–Crippen LogP) is 0.776. The lowest BCUT2D eigenvalue weighted by atomic mass is 9.75. The zero-order valence-corrected chi connectivity index (χ0v) is 16.0. The minimum Gasteiger partial charge on any atom is -0.322 e. The molecule has 1 aromatic rings. The van der Waals surface area contributed by atoms with Gasteiger partial charge in [-0.05, 0) is 42.9 Å². The topological polar surface area (TPSA) is 81.8 Å². The lowest BCUT2D eigenvalue weighted by molar-refractivity contribution is -0.136. The number of piperidine rings is 1. The number of piperazine rings is 1. The Morgan fingerprint density at radius 3 is 2.79 bits per heavy atom. The summed E-state index contributed by atoms with van der Waals surface area (Å²) in [5.41, 5.74) is 3.13. The lowest BCUT2D eigenvalue weighted by Gasteiger charge is -2.49. The number of fused-ring (bicyclic) bond motifs is 1. The van der Waals surface area contributed by atoms with Crippen molar-refractivity contribution >= 4 is 17.7 Å². The maximum absolute atomic E-state index is 13.0. The third-order valence-electron chi connectivity index (χ3n) is 6.76. The first-order chi connectivity index (χ1) is 13.5. The van der Waals surface area contributed by atoms with Gasteiger partial charge >= 0.3 is 0 Å². The van der Waals surface area contributed by atoms with Crippen molar-refractivity contribution in [2.75, 3.05) is 19.6 Å². The van der Waals surface area contributed by atoms with Gasteiger partial charge in [0.1, 0.15) is 6.04 Å². The second-order valence-corrected chi connectivity index (χ2v) is 8.66. The Bertz CT molecular complexity index is 848. The second-order valence-electron chi connectivity index (χ2n) is 8.66. The zero-order valence-electron chi connectivity index (χ0n) is 16.0. The first-order valence-electron chi connectivity index (χ1n) is 10.3. The van der Waals surface area contributed by atoms with Crippen molar-refractivity contribution in [3.05, 3.63) is 34.9 Å². The van der Waals surface area contributed by atoms with E-state index in [1.165, 1.54) is 19.3 Å². The Hall–Kier alpha value is -2.25. The van der Waals surface area contributed by atoms with Crippen molar-refractivity contribution in [3.63, 3.8) is 0 Å². The van der Waals surface area contributed by atoms with E-state index in [1.54, 1.807) is 4.90 Å². The largest absolute Gasteiger partial charge is 0.322 e. The average Bonchev–Trinajstić information content (AvgIpc) is 2.97. The highest BCUT2D eigenvalue weighted by Crippen LogP contribution is 2.35. The molecule has 1 atom stereocenters. The minimum atomic E-state index is -0.548. The molecule has 5 rings (SSSR count). The van der Waals surface area contributed by atoms with Crippen LogP contribution >= 0.6 is 0 Å². The van der Waals surface area contributed by atoms with Gasteiger partial charge in [0.05, 0.1) is 0 Å². The molecule has 1 saturated carbocycles. The number of carbonyl (C=O) groups excluding carboxylic acids is 3. The zero-order chi connectivity index (χ0) is 19.3. The van der Waals surface area contributed by atoms with Crippen LogP contribution in [-0.4, -0.2) is 58.7 Å². The van der Waals surface area contributed by atoms with Gasteiger partial charge < -0.3 is 10.2 Å². The van der Waals surface area contributed by atoms with Gasteiger partial charge in [0.25, 0.3) is 5.91 Å². The molecule has 1 unspecified atom stereocenters. The molecule has 7 nitrogen and oxygen atoms in total. The monoisotopic (exact) mass is 382 g/mol. The Balaban J connectivity index is 1.29. The maximum Gasteiger partial charge on any atom is 0.255 e. The normalized spacial score (nSPS) is 26.9. The van der Waals surface area contributed by atoms with E-state index >= 15 is 0 Å². The van der Waals surface area contributed by atoms with Crippen LogP contribution in [0.15, 0.2) is 18.2 Å². The van der Waals surface area contributed by atoms with E-state index in [0.717, 1.165) is 37.3 Å². The summed E-state index contributed by atoms with van der Waals surface area (Å²) in [5, 5.41) is 6.04. The van der Waals surface area contributed by atoms with Gasteiger partial charge in [-0.1, -0.05) is 12.1 Å². The van der Waals surface area contributed by atoms with Crippen molar-refractivity contribution in [1.29, 1.82) is 0 Å². The molecule has 0 radical (unpaired) electrons. The molecule has 28 heavy (non-hydrogen) atoms. The van der Waals surface area contributed by atoms with Crippen LogP contribution in [0.4, 0.5) is 0 Å². The van der Waals surface area contributed by atoms with Crippen LogP contribution in [0.3, 0.4) is 0 Å². The van der Waals surface area contributed by atoms with Crippen molar-refractivity contribution in [1.82, 2.24) is 20.4 Å². The molecule has 1 spiro atoms. The van der Waals surface area contributed by atoms with Gasteiger partial charge in [0, 0.05) is 50.2 Å². The minimum absolute atomic E-state index is 0.0953. The van der Waals surface area contributed by atoms with Crippen LogP contribution < -0.4 is 10.6 Å². The van der Waals surface area contributed by atoms with Gasteiger partial charge in [-0.3, -0.25) is 24.6 Å². The molecule has 148 valence electrons. The van der Waals surface area contributed by atoms with Gasteiger partial charge in [-0.2, -0.15) is 0 Å². The van der Waals surface area contributed by atoms with Gasteiger partial charge in [0.2, 0.25) is 11.8 Å². The summed E-state index contributed by atoms with van der Waals surface area (Å²) in [7, 11) is 0. The number of rotatable bonds is 3. The van der Waals surface area contributed by atoms with Crippen molar-refractivity contribution in [2.24, 2.45) is 0 Å². The van der Waals surface area contributed by atoms with Crippen molar-refractivity contribution in [3.8, 4) is 0 Å². The van der Waals surface area contributed by atoms with Crippen LogP contribution in [0.2, 0.25) is 0 Å². The summed E-state index contributed by atoms with van der Waals surface area (Å²) < 4.78 is 0. The van der Waals surface area contributed by atoms with E-state index in [2.05, 4.69) is 21.6 Å². The van der Waals surface area contributed by atoms with Crippen molar-refractivity contribution in [2.45, 2.75) is 56.8 Å². The molecular formula is C21H26N4O3. The quantitative estimate of drug-likeness (QED) is 0.755. The van der Waals surface area contributed by atoms with Crippen LogP contribution in [0.1, 0.15) is 53.6 Å². The molecule has 1 aliphatic carbocycles. The molecule has 3 heterocycles. The first-order valence-corrected chi connectivity index (χ1v) is 10.3. The summed E-state index contributed by atoms with van der Waals surface area (Å²) >= 11 is 0. The van der Waals surface area contributed by atoms with Gasteiger partial charge in [-0.25, -0.2) is 0 Å². The first kappa shape index (κ1) is 17.8. The number of benzene rings is 1. The molecule has 1 aromatic carbocycles. The molecule has 0 bridgehead atoms. The smallest absolute Gasteiger partial charge is 0.255 e. The third kappa shape index (κ3) is 3.02. The highest BCUT2D eigenvalue weighted by molar-refractivity contribution is 6.05. The molecule has 0 aromatic heterocycles. The number of carbonyl (C=O) groups is 3. The van der Waals surface area contributed by atoms with Crippen LogP contribution in [0.25, 0.3) is 0 Å². The molecule has 3 fully saturated rings. The van der Waals surface area contributed by atoms with E-state index in [0.29, 0.717) is 24.1 Å². The summed E-state index contributed by atoms with van der Waals surface area (Å²) in [6.45, 7) is 4.41. The molecule has 7 heteroatoms. The van der Waals surface area contributed by atoms with E-state index in [-0.39, 0.29) is 24.1 Å². The van der Waals surface area contributed by atoms with Crippen LogP contribution in [0.5, 0.6) is 0 Å². The molecule has 2 saturated heterocycles. The summed E-state index contributed by atoms with van der Waals surface area (Å²) in [5.74, 6) is -0.709. The Morgan fingerprint density at radius 1 is 1.18 bits per heavy atom. The maximum atomic E-state index is 13.0. The summed E-state index contributed by atoms with van der Waals surface area (Å²) in [4.78, 5) is 40.6. The SMILES string of the molecule is O=C1CCC(N2Cc3ccc(CN4CCNC5(CCC5)C4)cc3C2=O)C(=O)N1. The fourth-order valence-corrected chi connectivity index (χ4v) is 5.07. The number of nitrogens with zero attached hydrogens (tertiary/aromatic N) is 2. The Morgan fingerprint density at radius 2 is 2.04 bits per heavy atom. The second kappa shape index (κ2) is 6.67. The fraction of sp³-hybridized carbons (Fsp3) is 0.571. The predicted molar refractivity (Wildman–Crippen MR) is 102 cm³/mol. The highest BCUT2D eigenvalue weighted by atomic mass is 16.2. The summed E-state index contributed by atoms with van der Waals surface area (Å²) in [6.07, 6.45) is 4.51. The number of hydrogen-bond donors (Lipinski definition) is 2. The van der Waals surface area contributed by atoms with E-state index in [9.17, 15) is 14.4 Å². The fourth-order valence-electron chi connectivity index (χ4n) is 5.07. The lowest BCUT2D eigenvalue weighted by Crippen LogP contribution is -2.63.